The Morgan fingerprint density at radius 2 is 1.89 bits per heavy atom. The highest BCUT2D eigenvalue weighted by molar-refractivity contribution is 4.80. The molecule has 0 radical (unpaired) electrons. The number of unbranched alkanes of at least 4 members (excludes halogenated alkanes) is 2. The highest BCUT2D eigenvalue weighted by atomic mass is 14.5. The maximum absolute atomic E-state index is 5.31. The second-order valence-corrected chi connectivity index (χ2v) is 2.19. The Hall–Kier alpha value is -0.300. The molecule has 0 bridgehead atoms. The third-order valence-corrected chi connectivity index (χ3v) is 1.20. The fourth-order valence-corrected chi connectivity index (χ4v) is 0.638. The minimum absolute atomic E-state index is 0.816. The van der Waals surface area contributed by atoms with E-state index in [9.17, 15) is 0 Å². The number of rotatable bonds is 5. The van der Waals surface area contributed by atoms with Crippen molar-refractivity contribution in [1.29, 1.82) is 0 Å². The Balaban J connectivity index is 2.86. The van der Waals surface area contributed by atoms with Crippen LogP contribution in [-0.4, -0.2) is 6.54 Å². The van der Waals surface area contributed by atoms with E-state index in [1.807, 2.05) is 0 Å². The van der Waals surface area contributed by atoms with Gasteiger partial charge in [-0.1, -0.05) is 25.5 Å². The summed E-state index contributed by atoms with van der Waals surface area (Å²) in [6, 6.07) is 0. The van der Waals surface area contributed by atoms with Gasteiger partial charge in [-0.15, -0.1) is 0 Å². The van der Waals surface area contributed by atoms with Gasteiger partial charge in [-0.25, -0.2) is 0 Å². The topological polar surface area (TPSA) is 26.0 Å². The lowest BCUT2D eigenvalue weighted by Crippen LogP contribution is -1.96. The molecule has 0 aliphatic carbocycles. The van der Waals surface area contributed by atoms with Crippen molar-refractivity contribution in [3.05, 3.63) is 12.2 Å². The van der Waals surface area contributed by atoms with E-state index < -0.39 is 0 Å². The van der Waals surface area contributed by atoms with Crippen LogP contribution in [0.25, 0.3) is 0 Å². The lowest BCUT2D eigenvalue weighted by Gasteiger charge is -1.87. The molecule has 0 aromatic carbocycles. The normalized spacial score (nSPS) is 10.9. The van der Waals surface area contributed by atoms with Gasteiger partial charge in [0, 0.05) is 0 Å². The van der Waals surface area contributed by atoms with E-state index in [0.717, 1.165) is 19.4 Å². The molecule has 9 heavy (non-hydrogen) atoms. The summed E-state index contributed by atoms with van der Waals surface area (Å²) in [5.41, 5.74) is 5.31. The van der Waals surface area contributed by atoms with Gasteiger partial charge in [-0.05, 0) is 25.8 Å². The van der Waals surface area contributed by atoms with Crippen LogP contribution in [0.15, 0.2) is 12.2 Å². The molecule has 0 rings (SSSR count). The predicted molar refractivity (Wildman–Crippen MR) is 42.3 cm³/mol. The number of allylic oxidation sites excluding steroid dienone is 2. The molecule has 0 unspecified atom stereocenters. The standard InChI is InChI=1S/C8H17N/c1-2-3-4-5-6-7-8-9/h4-5H,2-3,6-9H2,1H3. The first-order chi connectivity index (χ1) is 4.41. The summed E-state index contributed by atoms with van der Waals surface area (Å²) in [5.74, 6) is 0. The Kier molecular flexibility index (Phi) is 7.44. The lowest BCUT2D eigenvalue weighted by atomic mass is 10.2. The zero-order valence-corrected chi connectivity index (χ0v) is 6.27. The molecule has 2 N–H and O–H groups in total. The van der Waals surface area contributed by atoms with E-state index >= 15 is 0 Å². The van der Waals surface area contributed by atoms with Crippen LogP contribution in [0.4, 0.5) is 0 Å². The predicted octanol–water partition coefficient (Wildman–Crippen LogP) is 2.08. The Bertz CT molecular complexity index is 67.0. The quantitative estimate of drug-likeness (QED) is 0.444. The van der Waals surface area contributed by atoms with Crippen molar-refractivity contribution in [1.82, 2.24) is 0 Å². The molecule has 0 amide bonds. The number of hydrogen-bond acceptors (Lipinski definition) is 1. The van der Waals surface area contributed by atoms with Crippen LogP contribution in [0.1, 0.15) is 32.6 Å². The molecule has 0 fully saturated rings. The zero-order valence-electron chi connectivity index (χ0n) is 6.27. The second kappa shape index (κ2) is 7.70. The molecule has 0 saturated carbocycles. The summed E-state index contributed by atoms with van der Waals surface area (Å²) in [6.45, 7) is 3.00. The lowest BCUT2D eigenvalue weighted by molar-refractivity contribution is 0.847. The third-order valence-electron chi connectivity index (χ3n) is 1.20. The molecule has 0 heterocycles. The van der Waals surface area contributed by atoms with E-state index in [-0.39, 0.29) is 0 Å². The van der Waals surface area contributed by atoms with Gasteiger partial charge in [0.1, 0.15) is 0 Å². The molecule has 0 aliphatic rings. The average Bonchev–Trinajstić information content (AvgIpc) is 1.89. The van der Waals surface area contributed by atoms with Crippen LogP contribution in [0.5, 0.6) is 0 Å². The molecule has 0 saturated heterocycles. The molecule has 0 aliphatic heterocycles. The highest BCUT2D eigenvalue weighted by Gasteiger charge is 1.76. The zero-order chi connectivity index (χ0) is 6.95. The molecule has 1 nitrogen and oxygen atoms in total. The summed E-state index contributed by atoms with van der Waals surface area (Å²) in [6.07, 6.45) is 9.19. The van der Waals surface area contributed by atoms with E-state index in [2.05, 4.69) is 19.1 Å². The van der Waals surface area contributed by atoms with Gasteiger partial charge in [0.15, 0.2) is 0 Å². The third kappa shape index (κ3) is 7.70. The van der Waals surface area contributed by atoms with E-state index in [4.69, 9.17) is 5.73 Å². The number of hydrogen-bond donors (Lipinski definition) is 1. The monoisotopic (exact) mass is 127 g/mol. The van der Waals surface area contributed by atoms with Crippen LogP contribution < -0.4 is 5.73 Å². The first kappa shape index (κ1) is 8.70. The fourth-order valence-electron chi connectivity index (χ4n) is 0.638. The van der Waals surface area contributed by atoms with Gasteiger partial charge in [-0.3, -0.25) is 0 Å². The van der Waals surface area contributed by atoms with Crippen molar-refractivity contribution in [3.63, 3.8) is 0 Å². The minimum Gasteiger partial charge on any atom is -0.330 e. The SMILES string of the molecule is CCCC=CCCCN. The van der Waals surface area contributed by atoms with Crippen molar-refractivity contribution in [2.75, 3.05) is 6.54 Å². The van der Waals surface area contributed by atoms with Gasteiger partial charge < -0.3 is 5.73 Å². The van der Waals surface area contributed by atoms with Crippen molar-refractivity contribution < 1.29 is 0 Å². The summed E-state index contributed by atoms with van der Waals surface area (Å²) in [5, 5.41) is 0. The van der Waals surface area contributed by atoms with E-state index in [1.54, 1.807) is 0 Å². The molecular formula is C8H17N. The molecule has 0 atom stereocenters. The summed E-state index contributed by atoms with van der Waals surface area (Å²) in [4.78, 5) is 0. The fraction of sp³-hybridized carbons (Fsp3) is 0.750. The summed E-state index contributed by atoms with van der Waals surface area (Å²) in [7, 11) is 0. The first-order valence-electron chi connectivity index (χ1n) is 3.77. The average molecular weight is 127 g/mol. The summed E-state index contributed by atoms with van der Waals surface area (Å²) >= 11 is 0. The second-order valence-electron chi connectivity index (χ2n) is 2.19. The summed E-state index contributed by atoms with van der Waals surface area (Å²) < 4.78 is 0. The van der Waals surface area contributed by atoms with Crippen molar-refractivity contribution in [3.8, 4) is 0 Å². The highest BCUT2D eigenvalue weighted by Crippen LogP contribution is 1.92. The largest absolute Gasteiger partial charge is 0.330 e. The molecule has 0 spiro atoms. The van der Waals surface area contributed by atoms with Gasteiger partial charge in [0.2, 0.25) is 0 Å². The van der Waals surface area contributed by atoms with E-state index in [1.165, 1.54) is 12.8 Å². The van der Waals surface area contributed by atoms with Gasteiger partial charge in [-0.2, -0.15) is 0 Å². The molecule has 1 heteroatoms. The van der Waals surface area contributed by atoms with Crippen LogP contribution in [-0.2, 0) is 0 Å². The smallest absolute Gasteiger partial charge is 0.00743 e. The van der Waals surface area contributed by atoms with Gasteiger partial charge in [0.25, 0.3) is 0 Å². The first-order valence-corrected chi connectivity index (χ1v) is 3.77. The minimum atomic E-state index is 0.816. The molecule has 54 valence electrons. The van der Waals surface area contributed by atoms with Gasteiger partial charge >= 0.3 is 0 Å². The van der Waals surface area contributed by atoms with Crippen LogP contribution in [0, 0.1) is 0 Å². The van der Waals surface area contributed by atoms with E-state index in [0.29, 0.717) is 0 Å². The Labute approximate surface area is 57.9 Å². The van der Waals surface area contributed by atoms with Crippen LogP contribution >= 0.6 is 0 Å². The molecular weight excluding hydrogens is 110 g/mol. The van der Waals surface area contributed by atoms with Crippen molar-refractivity contribution >= 4 is 0 Å². The van der Waals surface area contributed by atoms with Crippen LogP contribution in [0.2, 0.25) is 0 Å². The molecule has 0 aromatic rings. The maximum atomic E-state index is 5.31. The van der Waals surface area contributed by atoms with Gasteiger partial charge in [0.05, 0.1) is 0 Å². The van der Waals surface area contributed by atoms with Crippen molar-refractivity contribution in [2.45, 2.75) is 32.6 Å². The van der Waals surface area contributed by atoms with Crippen molar-refractivity contribution in [2.24, 2.45) is 5.73 Å². The Morgan fingerprint density at radius 3 is 2.44 bits per heavy atom. The Morgan fingerprint density at radius 1 is 1.22 bits per heavy atom. The number of nitrogens with two attached hydrogens (primary N) is 1. The van der Waals surface area contributed by atoms with Crippen LogP contribution in [0.3, 0.4) is 0 Å². The maximum Gasteiger partial charge on any atom is -0.00743 e. The molecule has 0 aromatic heterocycles.